The molecule has 0 aliphatic heterocycles. The van der Waals surface area contributed by atoms with Gasteiger partial charge in [-0.2, -0.15) is 0 Å². The van der Waals surface area contributed by atoms with E-state index in [4.69, 9.17) is 19.9 Å². The van der Waals surface area contributed by atoms with E-state index in [2.05, 4.69) is 353 Å². The first-order valence-corrected chi connectivity index (χ1v) is 39.1. The molecule has 532 valence electrons. The summed E-state index contributed by atoms with van der Waals surface area (Å²) in [5.41, 5.74) is 37.6. The maximum absolute atomic E-state index is 4.75. The Morgan fingerprint density at radius 3 is 0.696 bits per heavy atom. The molecule has 0 fully saturated rings. The highest BCUT2D eigenvalue weighted by Crippen LogP contribution is 2.57. The van der Waals surface area contributed by atoms with Gasteiger partial charge in [0.05, 0.1) is 44.1 Å². The van der Waals surface area contributed by atoms with E-state index >= 15 is 0 Å². The predicted molar refractivity (Wildman–Crippen MR) is 463 cm³/mol. The van der Waals surface area contributed by atoms with Crippen LogP contribution >= 0.6 is 0 Å². The molecule has 4 aliphatic carbocycles. The maximum atomic E-state index is 4.75. The molecule has 0 N–H and O–H groups in total. The van der Waals surface area contributed by atoms with Gasteiger partial charge >= 0.3 is 0 Å². The van der Waals surface area contributed by atoms with Crippen molar-refractivity contribution in [3.05, 3.63) is 360 Å². The minimum atomic E-state index is -0.124. The van der Waals surface area contributed by atoms with E-state index in [1.165, 1.54) is 177 Å². The number of fused-ring (bicyclic) bond motifs is 24. The van der Waals surface area contributed by atoms with Gasteiger partial charge in [-0.1, -0.05) is 213 Å². The molecule has 112 heavy (non-hydrogen) atoms. The number of hydrogen-bond donors (Lipinski definition) is 0. The predicted octanol–water partition coefficient (Wildman–Crippen LogP) is 25.9. The zero-order valence-corrected chi connectivity index (χ0v) is 63.6. The summed E-state index contributed by atoms with van der Waals surface area (Å²) < 4.78 is 9.38. The third-order valence-corrected chi connectivity index (χ3v) is 26.1. The Bertz CT molecular complexity index is 6580. The van der Waals surface area contributed by atoms with Gasteiger partial charge in [0.25, 0.3) is 0 Å². The van der Waals surface area contributed by atoms with Crippen LogP contribution in [0.3, 0.4) is 0 Å². The van der Waals surface area contributed by atoms with Crippen molar-refractivity contribution in [1.29, 1.82) is 0 Å². The lowest BCUT2D eigenvalue weighted by Gasteiger charge is -2.21. The summed E-state index contributed by atoms with van der Waals surface area (Å²) >= 11 is 0. The van der Waals surface area contributed by atoms with Crippen molar-refractivity contribution in [1.82, 2.24) is 38.2 Å². The summed E-state index contributed by atoms with van der Waals surface area (Å²) in [6.45, 7) is 18.8. The highest BCUT2D eigenvalue weighted by Gasteiger charge is 2.41. The van der Waals surface area contributed by atoms with E-state index in [9.17, 15) is 0 Å². The molecule has 4 aliphatic rings. The Morgan fingerprint density at radius 1 is 0.188 bits per heavy atom. The Labute approximate surface area is 648 Å². The quantitative estimate of drug-likeness (QED) is 0.166. The molecule has 14 aromatic carbocycles. The normalized spacial score (nSPS) is 14.7. The van der Waals surface area contributed by atoms with Gasteiger partial charge in [0, 0.05) is 101 Å². The summed E-state index contributed by atoms with van der Waals surface area (Å²) in [4.78, 5) is 19.0. The number of benzene rings is 14. The lowest BCUT2D eigenvalue weighted by atomic mass is 9.82. The zero-order valence-electron chi connectivity index (χ0n) is 63.6. The third kappa shape index (κ3) is 8.88. The van der Waals surface area contributed by atoms with Gasteiger partial charge < -0.3 is 9.13 Å². The first-order valence-electron chi connectivity index (χ1n) is 39.1. The number of hydrogen-bond acceptors (Lipinski definition) is 4. The van der Waals surface area contributed by atoms with Crippen LogP contribution in [0.4, 0.5) is 0 Å². The van der Waals surface area contributed by atoms with Crippen molar-refractivity contribution in [2.75, 3.05) is 0 Å². The number of nitrogens with zero attached hydrogens (tertiary/aromatic N) is 8. The van der Waals surface area contributed by atoms with E-state index < -0.39 is 0 Å². The fourth-order valence-electron chi connectivity index (χ4n) is 20.5. The zero-order chi connectivity index (χ0) is 75.0. The average Bonchev–Trinajstić information content (AvgIpc) is 1.56. The van der Waals surface area contributed by atoms with E-state index in [0.29, 0.717) is 11.9 Å². The van der Waals surface area contributed by atoms with Crippen LogP contribution in [0, 0.1) is 0 Å². The third-order valence-electron chi connectivity index (χ3n) is 26.1. The van der Waals surface area contributed by atoms with Crippen LogP contribution in [0.25, 0.3) is 177 Å². The summed E-state index contributed by atoms with van der Waals surface area (Å²) in [5.74, 6) is 1.34. The minimum Gasteiger partial charge on any atom is -0.309 e. The minimum absolute atomic E-state index is 0.0739. The number of rotatable bonds is 6. The average molecular weight is 1440 g/mol. The Hall–Kier alpha value is -13.6. The highest BCUT2D eigenvalue weighted by atomic mass is 15.2. The van der Waals surface area contributed by atoms with Crippen molar-refractivity contribution in [3.63, 3.8) is 0 Å². The van der Waals surface area contributed by atoms with Crippen molar-refractivity contribution < 1.29 is 0 Å². The van der Waals surface area contributed by atoms with E-state index in [1.807, 2.05) is 36.9 Å². The van der Waals surface area contributed by atoms with Crippen LogP contribution in [-0.2, 0) is 21.7 Å². The van der Waals surface area contributed by atoms with Gasteiger partial charge in [0.15, 0.2) is 0 Å². The van der Waals surface area contributed by atoms with Crippen LogP contribution in [0.2, 0.25) is 0 Å². The molecular formula is C104H76N8. The van der Waals surface area contributed by atoms with Gasteiger partial charge in [-0.3, -0.25) is 9.13 Å². The lowest BCUT2D eigenvalue weighted by molar-refractivity contribution is 0.660. The molecule has 6 heterocycles. The Kier molecular flexibility index (Phi) is 13.2. The van der Waals surface area contributed by atoms with E-state index in [-0.39, 0.29) is 21.7 Å². The molecule has 0 saturated heterocycles. The first-order chi connectivity index (χ1) is 54.6. The number of para-hydroxylation sites is 2. The summed E-state index contributed by atoms with van der Waals surface area (Å²) in [7, 11) is 0. The van der Waals surface area contributed by atoms with Gasteiger partial charge in [-0.25, -0.2) is 19.9 Å². The number of aromatic nitrogens is 8. The fourth-order valence-corrected chi connectivity index (χ4v) is 20.5. The monoisotopic (exact) mass is 1440 g/mol. The largest absolute Gasteiger partial charge is 0.309 e. The molecule has 8 heteroatoms. The Balaban J connectivity index is 0.000000134. The van der Waals surface area contributed by atoms with Crippen LogP contribution < -0.4 is 0 Å². The Morgan fingerprint density at radius 2 is 0.420 bits per heavy atom. The SMILES string of the molecule is CC1(C)c2ccccc2-c2cc3c4cc(-c5ccc6c(c5)c5cc7c(cc5n6-c5ccccc5)C(C)(C)c5ccccc5-7)ccc4n(-c4ccccc4)c3cc21.CC1(C)c2ccccc2-c2cc3c4cc(-c5ccc6c(c5)c5cc7c(cc5n6-c5ncccn5)C(C)(C)c5ccccc5-7)ccc4n(-c4ncccn4)c3cc21. The molecule has 0 amide bonds. The van der Waals surface area contributed by atoms with Crippen molar-refractivity contribution in [2.45, 2.75) is 77.0 Å². The second-order valence-corrected chi connectivity index (χ2v) is 33.4. The molecular weight excluding hydrogens is 1360 g/mol. The van der Waals surface area contributed by atoms with Crippen molar-refractivity contribution >= 4 is 87.2 Å². The second-order valence-electron chi connectivity index (χ2n) is 33.4. The van der Waals surface area contributed by atoms with Gasteiger partial charge in [0.1, 0.15) is 0 Å². The molecule has 0 atom stereocenters. The molecule has 0 spiro atoms. The van der Waals surface area contributed by atoms with E-state index in [1.54, 1.807) is 0 Å². The van der Waals surface area contributed by atoms with E-state index in [0.717, 1.165) is 33.2 Å². The maximum Gasteiger partial charge on any atom is 0.234 e. The first kappa shape index (κ1) is 64.4. The molecule has 0 saturated carbocycles. The standard InChI is InChI=1S/C54H40N2.C50H36N6/c1-53(2)45-21-13-11-19-37(45)39-29-43-41-27-33(23-25-49(41)55(51(43)31-47(39)53)35-15-7-5-8-16-35)34-24-26-50-42(28-34)44-30-40-38-20-12-14-22-46(38)54(3,4)48(40)32-52(44)56(50)36-17-9-6-10-18-36;1-49(2)39-13-7-5-11-31(39)33-25-37-35-23-29(15-17-43(35)55(45(37)27-41(33)49)47-51-19-9-20-52-47)30-16-18-44-36(24-30)38-26-34-32-12-6-8-14-40(32)50(3,4)42(34)28-46(38)56(44)48-53-21-10-22-54-48/h5-32H,1-4H3;5-28H,1-4H3. The second kappa shape index (κ2) is 23.0. The van der Waals surface area contributed by atoms with Crippen LogP contribution in [0.5, 0.6) is 0 Å². The lowest BCUT2D eigenvalue weighted by Crippen LogP contribution is -2.15. The summed E-state index contributed by atoms with van der Waals surface area (Å²) in [6.07, 6.45) is 7.29. The van der Waals surface area contributed by atoms with Gasteiger partial charge in [-0.05, 0) is 245 Å². The smallest absolute Gasteiger partial charge is 0.234 e. The highest BCUT2D eigenvalue weighted by molar-refractivity contribution is 6.18. The molecule has 20 aromatic rings. The topological polar surface area (TPSA) is 71.3 Å². The van der Waals surface area contributed by atoms with Crippen molar-refractivity contribution in [2.24, 2.45) is 0 Å². The summed E-state index contributed by atoms with van der Waals surface area (Å²) in [5, 5.41) is 9.85. The van der Waals surface area contributed by atoms with Gasteiger partial charge in [-0.15, -0.1) is 0 Å². The molecule has 0 bridgehead atoms. The summed E-state index contributed by atoms with van der Waals surface area (Å²) in [6, 6.07) is 108. The fraction of sp³-hybridized carbons (Fsp3) is 0.115. The van der Waals surface area contributed by atoms with Crippen LogP contribution in [0.15, 0.2) is 316 Å². The van der Waals surface area contributed by atoms with Gasteiger partial charge in [0.2, 0.25) is 11.9 Å². The molecule has 8 nitrogen and oxygen atoms in total. The van der Waals surface area contributed by atoms with Crippen molar-refractivity contribution in [3.8, 4) is 90.0 Å². The van der Waals surface area contributed by atoms with Crippen LogP contribution in [-0.4, -0.2) is 38.2 Å². The molecule has 6 aromatic heterocycles. The molecule has 24 rings (SSSR count). The molecule has 0 unspecified atom stereocenters. The molecule has 0 radical (unpaired) electrons. The van der Waals surface area contributed by atoms with Crippen LogP contribution in [0.1, 0.15) is 99.9 Å².